The first kappa shape index (κ1) is 10.3. The normalized spacial score (nSPS) is 17.9. The lowest BCUT2D eigenvalue weighted by atomic mass is 10.1. The summed E-state index contributed by atoms with van der Waals surface area (Å²) in [6.45, 7) is 0. The van der Waals surface area contributed by atoms with Gasteiger partial charge in [-0.2, -0.15) is 0 Å². The zero-order chi connectivity index (χ0) is 11.3. The van der Waals surface area contributed by atoms with E-state index >= 15 is 0 Å². The monoisotopic (exact) mass is 283 g/mol. The van der Waals surface area contributed by atoms with E-state index in [-0.39, 0.29) is 11.9 Å². The summed E-state index contributed by atoms with van der Waals surface area (Å²) in [5, 5.41) is 0.888. The molecule has 0 aliphatic heterocycles. The van der Waals surface area contributed by atoms with Crippen molar-refractivity contribution < 1.29 is 8.81 Å². The highest BCUT2D eigenvalue weighted by molar-refractivity contribution is 9.10. The molecule has 1 aliphatic carbocycles. The van der Waals surface area contributed by atoms with Crippen LogP contribution < -0.4 is 5.73 Å². The number of nitrogens with two attached hydrogens (primary N) is 1. The summed E-state index contributed by atoms with van der Waals surface area (Å²) in [7, 11) is 0. The minimum absolute atomic E-state index is 0.0470. The van der Waals surface area contributed by atoms with Gasteiger partial charge in [0.15, 0.2) is 0 Å². The molecule has 4 heteroatoms. The van der Waals surface area contributed by atoms with Crippen LogP contribution in [0.3, 0.4) is 0 Å². The van der Waals surface area contributed by atoms with Crippen LogP contribution in [0.15, 0.2) is 27.1 Å². The Kier molecular flexibility index (Phi) is 2.30. The van der Waals surface area contributed by atoms with Gasteiger partial charge in [-0.05, 0) is 46.8 Å². The quantitative estimate of drug-likeness (QED) is 0.912. The summed E-state index contributed by atoms with van der Waals surface area (Å²) >= 11 is 3.16. The summed E-state index contributed by atoms with van der Waals surface area (Å²) in [6.07, 6.45) is 2.33. The van der Waals surface area contributed by atoms with Crippen LogP contribution in [-0.4, -0.2) is 0 Å². The average Bonchev–Trinajstić information content (AvgIpc) is 3.01. The van der Waals surface area contributed by atoms with E-state index < -0.39 is 0 Å². The number of hydrogen-bond donors (Lipinski definition) is 1. The number of furan rings is 1. The second-order valence-electron chi connectivity index (χ2n) is 4.32. The predicted octanol–water partition coefficient (Wildman–Crippen LogP) is 3.74. The maximum absolute atomic E-state index is 13.3. The highest BCUT2D eigenvalue weighted by Gasteiger charge is 2.31. The third-order valence-electron chi connectivity index (χ3n) is 3.04. The van der Waals surface area contributed by atoms with E-state index in [0.29, 0.717) is 16.0 Å². The van der Waals surface area contributed by atoms with Crippen molar-refractivity contribution in [3.8, 4) is 0 Å². The van der Waals surface area contributed by atoms with E-state index in [9.17, 15) is 4.39 Å². The SMILES string of the molecule is NC(c1cc2cc(Br)c(F)cc2o1)C1CC1. The van der Waals surface area contributed by atoms with Crippen molar-refractivity contribution in [2.24, 2.45) is 11.7 Å². The fourth-order valence-corrected chi connectivity index (χ4v) is 2.27. The smallest absolute Gasteiger partial charge is 0.141 e. The van der Waals surface area contributed by atoms with Crippen LogP contribution in [0, 0.1) is 11.7 Å². The first-order valence-corrected chi connectivity index (χ1v) is 6.08. The van der Waals surface area contributed by atoms with Crippen LogP contribution >= 0.6 is 15.9 Å². The molecule has 0 radical (unpaired) electrons. The van der Waals surface area contributed by atoms with Crippen molar-refractivity contribution >= 4 is 26.9 Å². The maximum Gasteiger partial charge on any atom is 0.141 e. The van der Waals surface area contributed by atoms with Gasteiger partial charge in [0.05, 0.1) is 10.5 Å². The lowest BCUT2D eigenvalue weighted by molar-refractivity contribution is 0.466. The van der Waals surface area contributed by atoms with Crippen molar-refractivity contribution in [3.63, 3.8) is 0 Å². The van der Waals surface area contributed by atoms with Gasteiger partial charge in [-0.25, -0.2) is 4.39 Å². The fourth-order valence-electron chi connectivity index (χ4n) is 1.91. The van der Waals surface area contributed by atoms with E-state index in [2.05, 4.69) is 15.9 Å². The van der Waals surface area contributed by atoms with Crippen molar-refractivity contribution in [1.29, 1.82) is 0 Å². The molecule has 0 saturated heterocycles. The average molecular weight is 284 g/mol. The Bertz CT molecular complexity index is 508. The first-order chi connectivity index (χ1) is 7.65. The second kappa shape index (κ2) is 3.57. The number of benzene rings is 1. The minimum atomic E-state index is -0.312. The molecule has 1 aromatic carbocycles. The molecule has 2 N–H and O–H groups in total. The molecular weight excluding hydrogens is 273 g/mol. The zero-order valence-electron chi connectivity index (χ0n) is 8.54. The number of hydrogen-bond acceptors (Lipinski definition) is 2. The lowest BCUT2D eigenvalue weighted by Gasteiger charge is -2.04. The Morgan fingerprint density at radius 3 is 2.81 bits per heavy atom. The molecule has 0 spiro atoms. The van der Waals surface area contributed by atoms with Gasteiger partial charge < -0.3 is 10.2 Å². The molecule has 1 aliphatic rings. The number of halogens is 2. The Morgan fingerprint density at radius 1 is 1.38 bits per heavy atom. The zero-order valence-corrected chi connectivity index (χ0v) is 10.1. The first-order valence-electron chi connectivity index (χ1n) is 5.29. The van der Waals surface area contributed by atoms with E-state index in [4.69, 9.17) is 10.2 Å². The van der Waals surface area contributed by atoms with Crippen LogP contribution in [-0.2, 0) is 0 Å². The van der Waals surface area contributed by atoms with Crippen molar-refractivity contribution in [3.05, 3.63) is 34.2 Å². The Morgan fingerprint density at radius 2 is 2.12 bits per heavy atom. The van der Waals surface area contributed by atoms with Crippen LogP contribution in [0.4, 0.5) is 4.39 Å². The van der Waals surface area contributed by atoms with Gasteiger partial charge >= 0.3 is 0 Å². The van der Waals surface area contributed by atoms with Gasteiger partial charge in [-0.15, -0.1) is 0 Å². The van der Waals surface area contributed by atoms with Crippen LogP contribution in [0.25, 0.3) is 11.0 Å². The number of fused-ring (bicyclic) bond motifs is 1. The highest BCUT2D eigenvalue weighted by atomic mass is 79.9. The standard InChI is InChI=1S/C12H11BrFNO/c13-8-3-7-4-11(12(15)6-1-2-6)16-10(7)5-9(8)14/h3-6,12H,1-2,15H2. The molecule has 84 valence electrons. The second-order valence-corrected chi connectivity index (χ2v) is 5.17. The van der Waals surface area contributed by atoms with Crippen LogP contribution in [0.1, 0.15) is 24.6 Å². The van der Waals surface area contributed by atoms with Gasteiger partial charge in [0.2, 0.25) is 0 Å². The fraction of sp³-hybridized carbons (Fsp3) is 0.333. The molecule has 2 aromatic rings. The number of rotatable bonds is 2. The molecule has 1 aromatic heterocycles. The summed E-state index contributed by atoms with van der Waals surface area (Å²) in [6, 6.07) is 4.97. The van der Waals surface area contributed by atoms with Crippen LogP contribution in [0.2, 0.25) is 0 Å². The van der Waals surface area contributed by atoms with E-state index in [1.54, 1.807) is 6.07 Å². The molecule has 1 saturated carbocycles. The molecule has 1 fully saturated rings. The van der Waals surface area contributed by atoms with Crippen molar-refractivity contribution in [2.45, 2.75) is 18.9 Å². The summed E-state index contributed by atoms with van der Waals surface area (Å²) in [5.41, 5.74) is 6.60. The highest BCUT2D eigenvalue weighted by Crippen LogP contribution is 2.41. The molecule has 1 heterocycles. The van der Waals surface area contributed by atoms with E-state index in [1.165, 1.54) is 6.07 Å². The van der Waals surface area contributed by atoms with Gasteiger partial charge in [0.1, 0.15) is 17.2 Å². The summed E-state index contributed by atoms with van der Waals surface area (Å²) in [5.74, 6) is 0.984. The lowest BCUT2D eigenvalue weighted by Crippen LogP contribution is -2.10. The van der Waals surface area contributed by atoms with Crippen molar-refractivity contribution in [1.82, 2.24) is 0 Å². The molecule has 1 unspecified atom stereocenters. The largest absolute Gasteiger partial charge is 0.459 e. The third kappa shape index (κ3) is 1.66. The maximum atomic E-state index is 13.3. The molecule has 1 atom stereocenters. The van der Waals surface area contributed by atoms with E-state index in [1.807, 2.05) is 6.07 Å². The molecule has 3 rings (SSSR count). The van der Waals surface area contributed by atoms with Gasteiger partial charge in [-0.3, -0.25) is 0 Å². The van der Waals surface area contributed by atoms with Gasteiger partial charge in [-0.1, -0.05) is 0 Å². The molecule has 0 bridgehead atoms. The Hall–Kier alpha value is -0.870. The Balaban J connectivity index is 2.07. The Labute approximate surface area is 101 Å². The van der Waals surface area contributed by atoms with E-state index in [0.717, 1.165) is 24.0 Å². The summed E-state index contributed by atoms with van der Waals surface area (Å²) in [4.78, 5) is 0. The minimum Gasteiger partial charge on any atom is -0.459 e. The topological polar surface area (TPSA) is 39.2 Å². The van der Waals surface area contributed by atoms with Crippen molar-refractivity contribution in [2.75, 3.05) is 0 Å². The molecule has 16 heavy (non-hydrogen) atoms. The van der Waals surface area contributed by atoms with Gasteiger partial charge in [0, 0.05) is 11.5 Å². The molecular formula is C12H11BrFNO. The summed E-state index contributed by atoms with van der Waals surface area (Å²) < 4.78 is 19.3. The third-order valence-corrected chi connectivity index (χ3v) is 3.64. The predicted molar refractivity (Wildman–Crippen MR) is 63.5 cm³/mol. The molecule has 0 amide bonds. The van der Waals surface area contributed by atoms with Gasteiger partial charge in [0.25, 0.3) is 0 Å². The van der Waals surface area contributed by atoms with Crippen LogP contribution in [0.5, 0.6) is 0 Å². The molecule has 2 nitrogen and oxygen atoms in total.